The monoisotopic (exact) mass is 830 g/mol. The Kier molecular flexibility index (Phi) is 15.7. The predicted molar refractivity (Wildman–Crippen MR) is 231 cm³/mol. The minimum absolute atomic E-state index is 0.130. The highest BCUT2D eigenvalue weighted by Gasteiger charge is 2.21. The summed E-state index contributed by atoms with van der Waals surface area (Å²) in [5, 5.41) is 12.0. The summed E-state index contributed by atoms with van der Waals surface area (Å²) in [7, 11) is 3.45. The average Bonchev–Trinajstić information content (AvgIpc) is 3.64. The van der Waals surface area contributed by atoms with Crippen molar-refractivity contribution < 1.29 is 9.59 Å². The number of carbonyl (C=O) groups excluding carboxylic acids is 2. The van der Waals surface area contributed by atoms with Crippen molar-refractivity contribution in [3.05, 3.63) is 88.3 Å². The maximum Gasteiger partial charge on any atom is 0.254 e. The molecule has 300 valence electrons. The van der Waals surface area contributed by atoms with Gasteiger partial charge in [-0.2, -0.15) is 15.2 Å². The Balaban J connectivity index is 0.000000209. The third kappa shape index (κ3) is 11.6. The van der Waals surface area contributed by atoms with Gasteiger partial charge < -0.3 is 34.0 Å². The highest BCUT2D eigenvalue weighted by Crippen LogP contribution is 2.28. The van der Waals surface area contributed by atoms with E-state index in [4.69, 9.17) is 40.3 Å². The molecule has 2 amide bonds. The minimum atomic E-state index is -0.533. The lowest BCUT2D eigenvalue weighted by Crippen LogP contribution is -2.15. The Labute approximate surface area is 344 Å². The first-order valence-electron chi connectivity index (χ1n) is 17.7. The van der Waals surface area contributed by atoms with Gasteiger partial charge in [-0.05, 0) is 49.6 Å². The van der Waals surface area contributed by atoms with E-state index in [2.05, 4.69) is 35.5 Å². The quantitative estimate of drug-likeness (QED) is 0.0599. The number of nitrogens with zero attached hydrogens (tertiary/aromatic N) is 8. The summed E-state index contributed by atoms with van der Waals surface area (Å²) in [6.07, 6.45) is 7.21. The number of primary amides is 2. The van der Waals surface area contributed by atoms with Gasteiger partial charge in [-0.1, -0.05) is 62.6 Å². The maximum absolute atomic E-state index is 12.0. The Hall–Kier alpha value is -5.85. The Bertz CT molecular complexity index is 2290. The van der Waals surface area contributed by atoms with Crippen LogP contribution in [0.4, 0.5) is 29.4 Å². The third-order valence-electron chi connectivity index (χ3n) is 8.22. The van der Waals surface area contributed by atoms with E-state index < -0.39 is 11.8 Å². The number of rotatable bonds is 12. The fourth-order valence-corrected chi connectivity index (χ4v) is 6.58. The fourth-order valence-electron chi connectivity index (χ4n) is 5.57. The third-order valence-corrected chi connectivity index (χ3v) is 9.90. The minimum Gasteiger partial charge on any atom is -0.383 e. The normalized spacial score (nSPS) is 10.6. The first-order chi connectivity index (χ1) is 27.2. The molecule has 0 saturated carbocycles. The van der Waals surface area contributed by atoms with Crippen molar-refractivity contribution in [2.75, 3.05) is 35.0 Å². The second kappa shape index (κ2) is 20.4. The smallest absolute Gasteiger partial charge is 0.254 e. The molecule has 0 bridgehead atoms. The first kappa shape index (κ1) is 43.9. The number of nitrogens with two attached hydrogens (primary N) is 5. The topological polar surface area (TPSA) is 263 Å². The van der Waals surface area contributed by atoms with Crippen LogP contribution >= 0.6 is 35.1 Å². The molecule has 2 aromatic carbocycles. The number of anilines is 5. The number of benzene rings is 2. The number of hydrogen-bond donors (Lipinski definition) is 6. The Morgan fingerprint density at radius 1 is 0.684 bits per heavy atom. The van der Waals surface area contributed by atoms with E-state index in [9.17, 15) is 9.59 Å². The van der Waals surface area contributed by atoms with E-state index in [-0.39, 0.29) is 11.9 Å². The van der Waals surface area contributed by atoms with Gasteiger partial charge in [-0.15, -0.1) is 23.5 Å². The standard InChI is InChI=1S/C19H23N7OS.C11H10ClN3S.C8H14N4O/c1-4-5-13-16(17(20)27)18(26(2)25-13)23-15-10-14(22-19(21)24-15)11-6-8-12(28-3)9-7-11;1-16-8-4-2-7(3-5-8)9-6-10(12)15-11(13)14-9;1-3-4-5-6(8(10)13)7(9)12(2)11-5/h6-10H,4-5H2,1-3H3,(H2,20,27)(H3,21,22,23,24);2-6H,1H3,(H2,13,14,15);3-4,9H2,1-2H3,(H2,10,13). The molecule has 0 unspecified atom stereocenters. The van der Waals surface area contributed by atoms with Crippen molar-refractivity contribution in [2.24, 2.45) is 25.6 Å². The summed E-state index contributed by atoms with van der Waals surface area (Å²) in [6.45, 7) is 4.03. The number of carbonyl (C=O) groups is 2. The fraction of sp³-hybridized carbons (Fsp3) is 0.263. The van der Waals surface area contributed by atoms with Gasteiger partial charge in [-0.25, -0.2) is 15.0 Å². The second-order valence-corrected chi connectivity index (χ2v) is 14.5. The van der Waals surface area contributed by atoms with Crippen LogP contribution in [0.1, 0.15) is 58.8 Å². The summed E-state index contributed by atoms with van der Waals surface area (Å²) in [6, 6.07) is 19.5. The van der Waals surface area contributed by atoms with E-state index in [1.54, 1.807) is 54.4 Å². The number of nitrogen functional groups attached to an aromatic ring is 3. The highest BCUT2D eigenvalue weighted by atomic mass is 35.5. The van der Waals surface area contributed by atoms with Crippen LogP contribution in [0.25, 0.3) is 22.5 Å². The van der Waals surface area contributed by atoms with Crippen molar-refractivity contribution >= 4 is 76.3 Å². The van der Waals surface area contributed by atoms with Gasteiger partial charge in [0, 0.05) is 47.1 Å². The largest absolute Gasteiger partial charge is 0.383 e. The lowest BCUT2D eigenvalue weighted by atomic mass is 10.1. The van der Waals surface area contributed by atoms with Crippen LogP contribution in [0, 0.1) is 0 Å². The lowest BCUT2D eigenvalue weighted by Gasteiger charge is -2.10. The average molecular weight is 831 g/mol. The molecule has 4 heterocycles. The molecular weight excluding hydrogens is 784 g/mol. The zero-order chi connectivity index (χ0) is 41.8. The van der Waals surface area contributed by atoms with Crippen molar-refractivity contribution in [1.29, 1.82) is 0 Å². The molecular formula is C38H47ClN14O2S2. The molecule has 0 saturated heterocycles. The van der Waals surface area contributed by atoms with Crippen molar-refractivity contribution in [1.82, 2.24) is 39.5 Å². The van der Waals surface area contributed by atoms with Gasteiger partial charge in [0.15, 0.2) is 0 Å². The van der Waals surface area contributed by atoms with E-state index in [0.29, 0.717) is 57.2 Å². The van der Waals surface area contributed by atoms with Crippen LogP contribution < -0.4 is 34.0 Å². The van der Waals surface area contributed by atoms with Crippen LogP contribution in [0.2, 0.25) is 5.15 Å². The summed E-state index contributed by atoms with van der Waals surface area (Å²) in [5.74, 6) is 0.573. The summed E-state index contributed by atoms with van der Waals surface area (Å²) in [4.78, 5) is 41.9. The number of hydrogen-bond acceptors (Lipinski definition) is 14. The summed E-state index contributed by atoms with van der Waals surface area (Å²) in [5.41, 5.74) is 33.3. The number of aromatic nitrogens is 8. The number of halogens is 1. The summed E-state index contributed by atoms with van der Waals surface area (Å²) >= 11 is 9.19. The van der Waals surface area contributed by atoms with Crippen LogP contribution in [0.5, 0.6) is 0 Å². The molecule has 0 atom stereocenters. The van der Waals surface area contributed by atoms with Crippen molar-refractivity contribution in [3.63, 3.8) is 0 Å². The van der Waals surface area contributed by atoms with Crippen molar-refractivity contribution in [3.8, 4) is 22.5 Å². The molecule has 0 spiro atoms. The second-order valence-electron chi connectivity index (χ2n) is 12.4. The Morgan fingerprint density at radius 2 is 1.14 bits per heavy atom. The van der Waals surface area contributed by atoms with E-state index in [0.717, 1.165) is 41.0 Å². The molecule has 0 aliphatic heterocycles. The number of aryl methyl sites for hydroxylation is 4. The highest BCUT2D eigenvalue weighted by molar-refractivity contribution is 7.98. The van der Waals surface area contributed by atoms with Crippen LogP contribution in [-0.4, -0.2) is 63.8 Å². The SMILES string of the molecule is CCCc1nn(C)c(N)c1C(N)=O.CCCc1nn(C)c(Nc2cc(-c3ccc(SC)cc3)nc(N)n2)c1C(N)=O.CSc1ccc(-c2cc(Cl)nc(N)n2)cc1. The molecule has 0 radical (unpaired) electrons. The van der Waals surface area contributed by atoms with E-state index >= 15 is 0 Å². The molecule has 19 heteroatoms. The van der Waals surface area contributed by atoms with Gasteiger partial charge in [0.1, 0.15) is 33.7 Å². The van der Waals surface area contributed by atoms with Crippen LogP contribution in [0.15, 0.2) is 70.5 Å². The number of amides is 2. The lowest BCUT2D eigenvalue weighted by molar-refractivity contribution is 0.0991. The molecule has 16 nitrogen and oxygen atoms in total. The van der Waals surface area contributed by atoms with Crippen LogP contribution in [-0.2, 0) is 26.9 Å². The predicted octanol–water partition coefficient (Wildman–Crippen LogP) is 6.13. The van der Waals surface area contributed by atoms with E-state index in [1.165, 1.54) is 9.58 Å². The van der Waals surface area contributed by atoms with Gasteiger partial charge in [-0.3, -0.25) is 19.0 Å². The Morgan fingerprint density at radius 3 is 1.60 bits per heavy atom. The number of nitrogens with one attached hydrogen (secondary N) is 1. The molecule has 4 aromatic heterocycles. The van der Waals surface area contributed by atoms with Gasteiger partial charge in [0.25, 0.3) is 11.8 Å². The van der Waals surface area contributed by atoms with Crippen LogP contribution in [0.3, 0.4) is 0 Å². The first-order valence-corrected chi connectivity index (χ1v) is 20.5. The van der Waals surface area contributed by atoms with E-state index in [1.807, 2.05) is 74.9 Å². The zero-order valence-corrected chi connectivity index (χ0v) is 35.0. The van der Waals surface area contributed by atoms with Crippen molar-refractivity contribution in [2.45, 2.75) is 49.3 Å². The molecule has 0 aliphatic carbocycles. The molecule has 6 rings (SSSR count). The molecule has 57 heavy (non-hydrogen) atoms. The molecule has 0 fully saturated rings. The summed E-state index contributed by atoms with van der Waals surface area (Å²) < 4.78 is 3.07. The zero-order valence-electron chi connectivity index (χ0n) is 32.6. The molecule has 11 N–H and O–H groups in total. The van der Waals surface area contributed by atoms with Gasteiger partial charge >= 0.3 is 0 Å². The maximum atomic E-state index is 12.0. The molecule has 6 aromatic rings. The van der Waals surface area contributed by atoms with Gasteiger partial charge in [0.05, 0.1) is 22.8 Å². The van der Waals surface area contributed by atoms with Gasteiger partial charge in [0.2, 0.25) is 11.9 Å². The molecule has 0 aliphatic rings. The number of thioether (sulfide) groups is 2.